The van der Waals surface area contributed by atoms with E-state index in [-0.39, 0.29) is 0 Å². The maximum Gasteiger partial charge on any atom is 0.162 e. The number of nitrogen functional groups attached to an aromatic ring is 1. The van der Waals surface area contributed by atoms with E-state index in [4.69, 9.17) is 15.2 Å². The van der Waals surface area contributed by atoms with E-state index in [0.717, 1.165) is 12.2 Å². The molecule has 5 heteroatoms. The zero-order chi connectivity index (χ0) is 13.0. The molecular weight excluding hydrogens is 248 g/mol. The van der Waals surface area contributed by atoms with Gasteiger partial charge in [0.15, 0.2) is 11.5 Å². The summed E-state index contributed by atoms with van der Waals surface area (Å²) in [7, 11) is 3.20. The standard InChI is InChI=1S/C13H16N2O2S/c1-16-12-6-10(14)11(7-13(12)17-2)15-8-9-4-3-5-18-9/h3-7,15H,8,14H2,1-2H3. The number of hydrogen-bond acceptors (Lipinski definition) is 5. The van der Waals surface area contributed by atoms with E-state index in [9.17, 15) is 0 Å². The van der Waals surface area contributed by atoms with Gasteiger partial charge in [-0.1, -0.05) is 6.07 Å². The number of rotatable bonds is 5. The van der Waals surface area contributed by atoms with Crippen LogP contribution in [0.3, 0.4) is 0 Å². The smallest absolute Gasteiger partial charge is 0.162 e. The summed E-state index contributed by atoms with van der Waals surface area (Å²) >= 11 is 1.71. The molecule has 2 rings (SSSR count). The van der Waals surface area contributed by atoms with Crippen molar-refractivity contribution in [2.45, 2.75) is 6.54 Å². The Morgan fingerprint density at radius 2 is 1.94 bits per heavy atom. The molecule has 0 bridgehead atoms. The van der Waals surface area contributed by atoms with Crippen LogP contribution in [0.4, 0.5) is 11.4 Å². The summed E-state index contributed by atoms with van der Waals surface area (Å²) in [5.41, 5.74) is 7.46. The van der Waals surface area contributed by atoms with Crippen LogP contribution in [0, 0.1) is 0 Å². The van der Waals surface area contributed by atoms with Crippen LogP contribution in [0.2, 0.25) is 0 Å². The largest absolute Gasteiger partial charge is 0.493 e. The van der Waals surface area contributed by atoms with Crippen molar-refractivity contribution in [1.82, 2.24) is 0 Å². The molecule has 0 radical (unpaired) electrons. The summed E-state index contributed by atoms with van der Waals surface area (Å²) in [5.74, 6) is 1.30. The van der Waals surface area contributed by atoms with E-state index in [1.807, 2.05) is 12.1 Å². The van der Waals surface area contributed by atoms with Crippen molar-refractivity contribution in [3.8, 4) is 11.5 Å². The molecule has 96 valence electrons. The second-order valence-electron chi connectivity index (χ2n) is 3.73. The lowest BCUT2D eigenvalue weighted by Crippen LogP contribution is -2.02. The minimum atomic E-state index is 0.636. The first-order chi connectivity index (χ1) is 8.74. The fourth-order valence-corrected chi connectivity index (χ4v) is 2.29. The van der Waals surface area contributed by atoms with Crippen molar-refractivity contribution >= 4 is 22.7 Å². The molecule has 1 heterocycles. The van der Waals surface area contributed by atoms with Gasteiger partial charge in [-0.3, -0.25) is 0 Å². The number of nitrogens with two attached hydrogens (primary N) is 1. The molecule has 0 saturated carbocycles. The monoisotopic (exact) mass is 264 g/mol. The number of methoxy groups -OCH3 is 2. The van der Waals surface area contributed by atoms with Gasteiger partial charge in [-0.15, -0.1) is 11.3 Å². The van der Waals surface area contributed by atoms with Gasteiger partial charge in [0.05, 0.1) is 25.6 Å². The third kappa shape index (κ3) is 2.68. The molecular formula is C13H16N2O2S. The number of hydrogen-bond donors (Lipinski definition) is 2. The van der Waals surface area contributed by atoms with Crippen molar-refractivity contribution < 1.29 is 9.47 Å². The first-order valence-corrected chi connectivity index (χ1v) is 6.40. The predicted octanol–water partition coefficient (Wildman–Crippen LogP) is 2.96. The molecule has 0 fully saturated rings. The number of benzene rings is 1. The van der Waals surface area contributed by atoms with Crippen LogP contribution in [-0.2, 0) is 6.54 Å². The second-order valence-corrected chi connectivity index (χ2v) is 4.76. The molecule has 1 aromatic carbocycles. The summed E-state index contributed by atoms with van der Waals surface area (Å²) < 4.78 is 10.4. The Morgan fingerprint density at radius 3 is 2.56 bits per heavy atom. The van der Waals surface area contributed by atoms with Gasteiger partial charge in [-0.2, -0.15) is 0 Å². The highest BCUT2D eigenvalue weighted by atomic mass is 32.1. The van der Waals surface area contributed by atoms with Gasteiger partial charge < -0.3 is 20.5 Å². The minimum Gasteiger partial charge on any atom is -0.493 e. The number of thiophene rings is 1. The lowest BCUT2D eigenvalue weighted by molar-refractivity contribution is 0.355. The number of ether oxygens (including phenoxy) is 2. The van der Waals surface area contributed by atoms with E-state index in [1.54, 1.807) is 31.6 Å². The first kappa shape index (κ1) is 12.6. The Kier molecular flexibility index (Phi) is 3.94. The van der Waals surface area contributed by atoms with Gasteiger partial charge in [0.1, 0.15) is 0 Å². The second kappa shape index (κ2) is 5.64. The van der Waals surface area contributed by atoms with Crippen LogP contribution in [0.5, 0.6) is 11.5 Å². The Bertz CT molecular complexity index is 512. The van der Waals surface area contributed by atoms with Crippen molar-refractivity contribution in [2.24, 2.45) is 0 Å². The predicted molar refractivity (Wildman–Crippen MR) is 75.6 cm³/mol. The molecule has 0 aliphatic heterocycles. The number of anilines is 2. The molecule has 0 aliphatic carbocycles. The van der Waals surface area contributed by atoms with Crippen LogP contribution < -0.4 is 20.5 Å². The highest BCUT2D eigenvalue weighted by Crippen LogP contribution is 2.35. The molecule has 0 atom stereocenters. The third-order valence-electron chi connectivity index (χ3n) is 2.59. The summed E-state index contributed by atoms with van der Waals surface area (Å²) in [6.45, 7) is 0.747. The molecule has 1 aromatic heterocycles. The molecule has 0 aliphatic rings. The van der Waals surface area contributed by atoms with Crippen LogP contribution >= 0.6 is 11.3 Å². The van der Waals surface area contributed by atoms with Crippen LogP contribution in [-0.4, -0.2) is 14.2 Å². The summed E-state index contributed by atoms with van der Waals surface area (Å²) in [4.78, 5) is 1.25. The van der Waals surface area contributed by atoms with Crippen LogP contribution in [0.15, 0.2) is 29.6 Å². The van der Waals surface area contributed by atoms with E-state index >= 15 is 0 Å². The Balaban J connectivity index is 2.17. The van der Waals surface area contributed by atoms with Crippen LogP contribution in [0.25, 0.3) is 0 Å². The average Bonchev–Trinajstić information content (AvgIpc) is 2.90. The zero-order valence-corrected chi connectivity index (χ0v) is 11.2. The SMILES string of the molecule is COc1cc(N)c(NCc2cccs2)cc1OC. The average molecular weight is 264 g/mol. The Hall–Kier alpha value is -1.88. The van der Waals surface area contributed by atoms with Crippen molar-refractivity contribution in [3.05, 3.63) is 34.5 Å². The van der Waals surface area contributed by atoms with Gasteiger partial charge in [0.2, 0.25) is 0 Å². The van der Waals surface area contributed by atoms with Crippen molar-refractivity contribution in [1.29, 1.82) is 0 Å². The normalized spacial score (nSPS) is 10.1. The fourth-order valence-electron chi connectivity index (χ4n) is 1.64. The van der Waals surface area contributed by atoms with E-state index in [2.05, 4.69) is 16.8 Å². The van der Waals surface area contributed by atoms with Gasteiger partial charge in [-0.25, -0.2) is 0 Å². The van der Waals surface area contributed by atoms with Gasteiger partial charge in [0, 0.05) is 23.6 Å². The van der Waals surface area contributed by atoms with E-state index in [1.165, 1.54) is 4.88 Å². The molecule has 0 amide bonds. The lowest BCUT2D eigenvalue weighted by Gasteiger charge is -2.13. The van der Waals surface area contributed by atoms with Crippen LogP contribution in [0.1, 0.15) is 4.88 Å². The highest BCUT2D eigenvalue weighted by molar-refractivity contribution is 7.09. The quantitative estimate of drug-likeness (QED) is 0.815. The van der Waals surface area contributed by atoms with E-state index < -0.39 is 0 Å². The molecule has 3 N–H and O–H groups in total. The fraction of sp³-hybridized carbons (Fsp3) is 0.231. The summed E-state index contributed by atoms with van der Waals surface area (Å²) in [6.07, 6.45) is 0. The molecule has 0 spiro atoms. The molecule has 2 aromatic rings. The topological polar surface area (TPSA) is 56.5 Å². The maximum absolute atomic E-state index is 5.97. The Labute approximate surface area is 110 Å². The zero-order valence-electron chi connectivity index (χ0n) is 10.4. The molecule has 18 heavy (non-hydrogen) atoms. The lowest BCUT2D eigenvalue weighted by atomic mass is 10.2. The van der Waals surface area contributed by atoms with Crippen molar-refractivity contribution in [2.75, 3.05) is 25.3 Å². The third-order valence-corrected chi connectivity index (χ3v) is 3.47. The van der Waals surface area contributed by atoms with Crippen molar-refractivity contribution in [3.63, 3.8) is 0 Å². The molecule has 4 nitrogen and oxygen atoms in total. The molecule has 0 saturated heterocycles. The highest BCUT2D eigenvalue weighted by Gasteiger charge is 2.08. The summed E-state index contributed by atoms with van der Waals surface area (Å²) in [5, 5.41) is 5.34. The first-order valence-electron chi connectivity index (χ1n) is 5.52. The molecule has 0 unspecified atom stereocenters. The van der Waals surface area contributed by atoms with Gasteiger partial charge in [-0.05, 0) is 11.4 Å². The summed E-state index contributed by atoms with van der Waals surface area (Å²) in [6, 6.07) is 7.71. The minimum absolute atomic E-state index is 0.636. The Morgan fingerprint density at radius 1 is 1.22 bits per heavy atom. The van der Waals surface area contributed by atoms with E-state index in [0.29, 0.717) is 17.2 Å². The maximum atomic E-state index is 5.97. The number of nitrogens with one attached hydrogen (secondary N) is 1. The van der Waals surface area contributed by atoms with Gasteiger partial charge >= 0.3 is 0 Å². The van der Waals surface area contributed by atoms with Gasteiger partial charge in [0.25, 0.3) is 0 Å².